The summed E-state index contributed by atoms with van der Waals surface area (Å²) >= 11 is 0. The fourth-order valence-corrected chi connectivity index (χ4v) is 3.03. The molecule has 1 heterocycles. The number of unbranched alkanes of at least 4 members (excludes halogenated alkanes) is 1. The van der Waals surface area contributed by atoms with Crippen molar-refractivity contribution in [2.75, 3.05) is 0 Å². The topological polar surface area (TPSA) is 38.9 Å². The van der Waals surface area contributed by atoms with Gasteiger partial charge in [-0.1, -0.05) is 57.7 Å². The zero-order valence-electron chi connectivity index (χ0n) is 13.6. The fraction of sp³-hybridized carbons (Fsp3) is 0.526. The standard InChI is InChI=1S/C19H28N2/c1-4-6-9-15(5-2)13-17(20)19-12-14(3)16-10-7-8-11-18(16)21-19/h7-8,10-12,15,17H,4-6,9,13,20H2,1-3H3. The smallest absolute Gasteiger partial charge is 0.0708 e. The van der Waals surface area contributed by atoms with Crippen LogP contribution in [0.3, 0.4) is 0 Å². The zero-order valence-corrected chi connectivity index (χ0v) is 13.6. The molecule has 0 fully saturated rings. The van der Waals surface area contributed by atoms with Gasteiger partial charge in [-0.3, -0.25) is 4.98 Å². The van der Waals surface area contributed by atoms with E-state index in [4.69, 9.17) is 10.7 Å². The first-order valence-corrected chi connectivity index (χ1v) is 8.27. The van der Waals surface area contributed by atoms with Crippen LogP contribution in [0.4, 0.5) is 0 Å². The second kappa shape index (κ2) is 7.56. The van der Waals surface area contributed by atoms with Gasteiger partial charge in [-0.25, -0.2) is 0 Å². The van der Waals surface area contributed by atoms with Crippen LogP contribution in [-0.4, -0.2) is 4.98 Å². The van der Waals surface area contributed by atoms with Gasteiger partial charge in [0.15, 0.2) is 0 Å². The van der Waals surface area contributed by atoms with E-state index in [0.29, 0.717) is 5.92 Å². The van der Waals surface area contributed by atoms with Crippen LogP contribution in [0.25, 0.3) is 10.9 Å². The Bertz CT molecular complexity index is 577. The van der Waals surface area contributed by atoms with Crippen molar-refractivity contribution in [1.29, 1.82) is 0 Å². The summed E-state index contributed by atoms with van der Waals surface area (Å²) in [6.07, 6.45) is 6.10. The largest absolute Gasteiger partial charge is 0.323 e. The maximum absolute atomic E-state index is 6.44. The monoisotopic (exact) mass is 284 g/mol. The molecule has 0 amide bonds. The average molecular weight is 284 g/mol. The molecule has 0 radical (unpaired) electrons. The van der Waals surface area contributed by atoms with Gasteiger partial charge in [-0.2, -0.15) is 0 Å². The molecule has 0 aliphatic rings. The van der Waals surface area contributed by atoms with Gasteiger partial charge in [0, 0.05) is 11.4 Å². The Hall–Kier alpha value is -1.41. The van der Waals surface area contributed by atoms with Gasteiger partial charge in [0.1, 0.15) is 0 Å². The Morgan fingerprint density at radius 2 is 1.95 bits per heavy atom. The van der Waals surface area contributed by atoms with Crippen molar-refractivity contribution in [3.05, 3.63) is 41.6 Å². The lowest BCUT2D eigenvalue weighted by molar-refractivity contribution is 0.385. The molecular formula is C19H28N2. The summed E-state index contributed by atoms with van der Waals surface area (Å²) in [7, 11) is 0. The molecule has 21 heavy (non-hydrogen) atoms. The molecule has 0 saturated carbocycles. The van der Waals surface area contributed by atoms with E-state index in [0.717, 1.165) is 17.6 Å². The van der Waals surface area contributed by atoms with Gasteiger partial charge in [0.25, 0.3) is 0 Å². The molecular weight excluding hydrogens is 256 g/mol. The molecule has 2 heteroatoms. The summed E-state index contributed by atoms with van der Waals surface area (Å²) in [4.78, 5) is 4.78. The van der Waals surface area contributed by atoms with Crippen molar-refractivity contribution in [2.24, 2.45) is 11.7 Å². The number of para-hydroxylation sites is 1. The van der Waals surface area contributed by atoms with E-state index in [1.807, 2.05) is 6.07 Å². The van der Waals surface area contributed by atoms with Gasteiger partial charge in [0.2, 0.25) is 0 Å². The third kappa shape index (κ3) is 4.04. The molecule has 2 unspecified atom stereocenters. The Labute approximate surface area is 128 Å². The zero-order chi connectivity index (χ0) is 15.2. The first-order chi connectivity index (χ1) is 10.2. The van der Waals surface area contributed by atoms with E-state index in [-0.39, 0.29) is 6.04 Å². The fourth-order valence-electron chi connectivity index (χ4n) is 3.03. The highest BCUT2D eigenvalue weighted by molar-refractivity contribution is 5.82. The minimum Gasteiger partial charge on any atom is -0.323 e. The SMILES string of the molecule is CCCCC(CC)CC(N)c1cc(C)c2ccccc2n1. The number of pyridine rings is 1. The van der Waals surface area contributed by atoms with Crippen LogP contribution in [0.5, 0.6) is 0 Å². The molecule has 2 aromatic rings. The Morgan fingerprint density at radius 3 is 2.67 bits per heavy atom. The number of hydrogen-bond donors (Lipinski definition) is 1. The van der Waals surface area contributed by atoms with Crippen LogP contribution in [0.15, 0.2) is 30.3 Å². The van der Waals surface area contributed by atoms with E-state index in [9.17, 15) is 0 Å². The maximum atomic E-state index is 6.44. The predicted octanol–water partition coefficient (Wildman–Crippen LogP) is 5.15. The normalized spacial score (nSPS) is 14.3. The number of aromatic nitrogens is 1. The number of rotatable bonds is 7. The quantitative estimate of drug-likeness (QED) is 0.763. The third-order valence-corrected chi connectivity index (χ3v) is 4.45. The third-order valence-electron chi connectivity index (χ3n) is 4.45. The summed E-state index contributed by atoms with van der Waals surface area (Å²) in [5, 5.41) is 1.23. The lowest BCUT2D eigenvalue weighted by Gasteiger charge is -2.20. The van der Waals surface area contributed by atoms with Crippen molar-refractivity contribution < 1.29 is 0 Å². The van der Waals surface area contributed by atoms with Crippen LogP contribution in [0, 0.1) is 12.8 Å². The van der Waals surface area contributed by atoms with Crippen molar-refractivity contribution in [3.63, 3.8) is 0 Å². The number of fused-ring (bicyclic) bond motifs is 1. The number of hydrogen-bond acceptors (Lipinski definition) is 2. The number of nitrogens with two attached hydrogens (primary N) is 1. The molecule has 2 atom stereocenters. The molecule has 1 aromatic carbocycles. The van der Waals surface area contributed by atoms with Crippen LogP contribution < -0.4 is 5.73 Å². The molecule has 0 saturated heterocycles. The summed E-state index contributed by atoms with van der Waals surface area (Å²) in [5.41, 5.74) is 9.81. The van der Waals surface area contributed by atoms with E-state index < -0.39 is 0 Å². The molecule has 2 N–H and O–H groups in total. The van der Waals surface area contributed by atoms with E-state index in [1.54, 1.807) is 0 Å². The lowest BCUT2D eigenvalue weighted by Crippen LogP contribution is -2.17. The van der Waals surface area contributed by atoms with E-state index in [1.165, 1.54) is 36.6 Å². The molecule has 0 bridgehead atoms. The van der Waals surface area contributed by atoms with Crippen molar-refractivity contribution >= 4 is 10.9 Å². The molecule has 2 rings (SSSR count). The van der Waals surface area contributed by atoms with Crippen molar-refractivity contribution in [2.45, 2.75) is 58.9 Å². The molecule has 114 valence electrons. The second-order valence-electron chi connectivity index (χ2n) is 6.14. The van der Waals surface area contributed by atoms with Gasteiger partial charge in [-0.15, -0.1) is 0 Å². The number of benzene rings is 1. The number of nitrogens with zero attached hydrogens (tertiary/aromatic N) is 1. The molecule has 0 aliphatic heterocycles. The van der Waals surface area contributed by atoms with Gasteiger partial charge in [0.05, 0.1) is 11.2 Å². The minimum absolute atomic E-state index is 0.0510. The lowest BCUT2D eigenvalue weighted by atomic mass is 9.90. The summed E-state index contributed by atoms with van der Waals surface area (Å²) in [5.74, 6) is 0.716. The Kier molecular flexibility index (Phi) is 5.75. The van der Waals surface area contributed by atoms with E-state index >= 15 is 0 Å². The van der Waals surface area contributed by atoms with Gasteiger partial charge < -0.3 is 5.73 Å². The van der Waals surface area contributed by atoms with Gasteiger partial charge >= 0.3 is 0 Å². The molecule has 1 aromatic heterocycles. The summed E-state index contributed by atoms with van der Waals surface area (Å²) in [6, 6.07) is 10.5. The Balaban J connectivity index is 2.16. The average Bonchev–Trinajstić information content (AvgIpc) is 2.51. The summed E-state index contributed by atoms with van der Waals surface area (Å²) < 4.78 is 0. The minimum atomic E-state index is 0.0510. The van der Waals surface area contributed by atoms with Crippen LogP contribution in [0.1, 0.15) is 63.3 Å². The van der Waals surface area contributed by atoms with Crippen LogP contribution >= 0.6 is 0 Å². The van der Waals surface area contributed by atoms with Crippen LogP contribution in [-0.2, 0) is 0 Å². The highest BCUT2D eigenvalue weighted by Crippen LogP contribution is 2.26. The first-order valence-electron chi connectivity index (χ1n) is 8.27. The van der Waals surface area contributed by atoms with Crippen molar-refractivity contribution in [1.82, 2.24) is 4.98 Å². The highest BCUT2D eigenvalue weighted by atomic mass is 14.8. The highest BCUT2D eigenvalue weighted by Gasteiger charge is 2.15. The van der Waals surface area contributed by atoms with Crippen LogP contribution in [0.2, 0.25) is 0 Å². The second-order valence-corrected chi connectivity index (χ2v) is 6.14. The Morgan fingerprint density at radius 1 is 1.19 bits per heavy atom. The van der Waals surface area contributed by atoms with E-state index in [2.05, 4.69) is 45.0 Å². The number of aryl methyl sites for hydroxylation is 1. The summed E-state index contributed by atoms with van der Waals surface area (Å²) in [6.45, 7) is 6.67. The maximum Gasteiger partial charge on any atom is 0.0708 e. The predicted molar refractivity (Wildman–Crippen MR) is 91.3 cm³/mol. The first kappa shape index (κ1) is 16.0. The molecule has 0 aliphatic carbocycles. The van der Waals surface area contributed by atoms with Gasteiger partial charge in [-0.05, 0) is 37.0 Å². The van der Waals surface area contributed by atoms with Crippen molar-refractivity contribution in [3.8, 4) is 0 Å². The molecule has 2 nitrogen and oxygen atoms in total. The molecule has 0 spiro atoms.